The number of hydrogen-bond donors (Lipinski definition) is 0. The first-order chi connectivity index (χ1) is 6.27. The second kappa shape index (κ2) is 4.66. The summed E-state index contributed by atoms with van der Waals surface area (Å²) in [5, 5.41) is 0. The molecule has 13 heavy (non-hydrogen) atoms. The van der Waals surface area contributed by atoms with Crippen molar-refractivity contribution in [3.63, 3.8) is 0 Å². The molecule has 0 radical (unpaired) electrons. The van der Waals surface area contributed by atoms with E-state index in [9.17, 15) is 0 Å². The van der Waals surface area contributed by atoms with Crippen LogP contribution in [-0.2, 0) is 0 Å². The average molecular weight is 172 g/mol. The van der Waals surface area contributed by atoms with Crippen molar-refractivity contribution >= 4 is 0 Å². The summed E-state index contributed by atoms with van der Waals surface area (Å²) in [5.74, 6) is 0.512. The van der Waals surface area contributed by atoms with E-state index in [1.165, 1.54) is 11.1 Å². The van der Waals surface area contributed by atoms with Crippen LogP contribution in [0, 0.1) is 5.92 Å². The van der Waals surface area contributed by atoms with Crippen LogP contribution in [0.5, 0.6) is 0 Å². The quantitative estimate of drug-likeness (QED) is 0.594. The maximum atomic E-state index is 3.81. The van der Waals surface area contributed by atoms with Crippen LogP contribution in [0.15, 0.2) is 60.3 Å². The van der Waals surface area contributed by atoms with E-state index in [1.807, 2.05) is 19.1 Å². The summed E-state index contributed by atoms with van der Waals surface area (Å²) in [5.41, 5.74) is 2.43. The Bertz CT molecular complexity index is 298. The highest BCUT2D eigenvalue weighted by atomic mass is 14.0. The minimum absolute atomic E-state index is 0.512. The summed E-state index contributed by atoms with van der Waals surface area (Å²) in [7, 11) is 0. The zero-order valence-corrected chi connectivity index (χ0v) is 8.33. The zero-order valence-electron chi connectivity index (χ0n) is 8.33. The van der Waals surface area contributed by atoms with E-state index in [4.69, 9.17) is 0 Å². The van der Waals surface area contributed by atoms with Gasteiger partial charge < -0.3 is 0 Å². The maximum Gasteiger partial charge on any atom is -0.00752 e. The molecule has 68 valence electrons. The van der Waals surface area contributed by atoms with Gasteiger partial charge in [0.05, 0.1) is 0 Å². The molecule has 0 bridgehead atoms. The van der Waals surface area contributed by atoms with E-state index in [0.29, 0.717) is 5.92 Å². The first-order valence-corrected chi connectivity index (χ1v) is 4.63. The van der Waals surface area contributed by atoms with E-state index in [-0.39, 0.29) is 0 Å². The highest BCUT2D eigenvalue weighted by Crippen LogP contribution is 2.17. The van der Waals surface area contributed by atoms with Crippen LogP contribution in [0.1, 0.15) is 13.8 Å². The van der Waals surface area contributed by atoms with Gasteiger partial charge in [0, 0.05) is 0 Å². The Labute approximate surface area is 80.7 Å². The van der Waals surface area contributed by atoms with Gasteiger partial charge in [-0.3, -0.25) is 0 Å². The molecule has 0 aromatic carbocycles. The Morgan fingerprint density at radius 3 is 2.38 bits per heavy atom. The maximum absolute atomic E-state index is 3.81. The van der Waals surface area contributed by atoms with Crippen molar-refractivity contribution in [2.24, 2.45) is 5.92 Å². The van der Waals surface area contributed by atoms with Crippen molar-refractivity contribution in [1.82, 2.24) is 0 Å². The average Bonchev–Trinajstić information content (AvgIpc) is 2.30. The molecular weight excluding hydrogens is 156 g/mol. The van der Waals surface area contributed by atoms with Gasteiger partial charge in [-0.2, -0.15) is 0 Å². The molecule has 1 aliphatic rings. The molecule has 0 aliphatic heterocycles. The van der Waals surface area contributed by atoms with Gasteiger partial charge in [-0.1, -0.05) is 56.0 Å². The van der Waals surface area contributed by atoms with Crippen LogP contribution in [0.2, 0.25) is 0 Å². The van der Waals surface area contributed by atoms with Crippen LogP contribution in [0.3, 0.4) is 0 Å². The van der Waals surface area contributed by atoms with Gasteiger partial charge in [0.1, 0.15) is 0 Å². The lowest BCUT2D eigenvalue weighted by Gasteiger charge is -1.96. The second-order valence-corrected chi connectivity index (χ2v) is 3.19. The molecule has 0 saturated heterocycles. The van der Waals surface area contributed by atoms with Crippen LogP contribution in [0.4, 0.5) is 0 Å². The molecule has 0 heterocycles. The third-order valence-corrected chi connectivity index (χ3v) is 2.06. The van der Waals surface area contributed by atoms with Gasteiger partial charge in [0.2, 0.25) is 0 Å². The SMILES string of the molecule is C=CC1=C(/C=C\C)C=CC(C)C=C1. The molecule has 1 rings (SSSR count). The third kappa shape index (κ3) is 2.59. The lowest BCUT2D eigenvalue weighted by atomic mass is 10.1. The standard InChI is InChI=1S/C13H16/c1-4-6-13-10-8-11(3)7-9-12(13)5-2/h4-11H,2H2,1,3H3/b6-4-. The lowest BCUT2D eigenvalue weighted by Crippen LogP contribution is -1.78. The number of rotatable bonds is 2. The van der Waals surface area contributed by atoms with Gasteiger partial charge in [-0.05, 0) is 24.0 Å². The van der Waals surface area contributed by atoms with Gasteiger partial charge in [-0.15, -0.1) is 0 Å². The van der Waals surface area contributed by atoms with Crippen LogP contribution >= 0.6 is 0 Å². The van der Waals surface area contributed by atoms with E-state index in [1.54, 1.807) is 0 Å². The molecule has 1 unspecified atom stereocenters. The van der Waals surface area contributed by atoms with Crippen LogP contribution in [0.25, 0.3) is 0 Å². The minimum atomic E-state index is 0.512. The largest absolute Gasteiger partial charge is 0.0984 e. The molecule has 0 amide bonds. The normalized spacial score (nSPS) is 22.5. The predicted molar refractivity (Wildman–Crippen MR) is 59.5 cm³/mol. The molecule has 0 fully saturated rings. The highest BCUT2D eigenvalue weighted by Gasteiger charge is 1.99. The summed E-state index contributed by atoms with van der Waals surface area (Å²) in [4.78, 5) is 0. The molecule has 0 N–H and O–H groups in total. The van der Waals surface area contributed by atoms with E-state index in [0.717, 1.165) is 0 Å². The summed E-state index contributed by atoms with van der Waals surface area (Å²) in [6.45, 7) is 8.01. The molecule has 0 aromatic rings. The molecule has 1 aliphatic carbocycles. The highest BCUT2D eigenvalue weighted by molar-refractivity contribution is 5.47. The molecule has 0 aromatic heterocycles. The Morgan fingerprint density at radius 2 is 1.85 bits per heavy atom. The van der Waals surface area contributed by atoms with Crippen LogP contribution in [-0.4, -0.2) is 0 Å². The van der Waals surface area contributed by atoms with Crippen LogP contribution < -0.4 is 0 Å². The molecule has 0 nitrogen and oxygen atoms in total. The van der Waals surface area contributed by atoms with E-state index >= 15 is 0 Å². The molecule has 0 saturated carbocycles. The lowest BCUT2D eigenvalue weighted by molar-refractivity contribution is 0.942. The fraction of sp³-hybridized carbons (Fsp3) is 0.231. The van der Waals surface area contributed by atoms with Crippen molar-refractivity contribution in [3.8, 4) is 0 Å². The third-order valence-electron chi connectivity index (χ3n) is 2.06. The van der Waals surface area contributed by atoms with Crippen molar-refractivity contribution in [3.05, 3.63) is 60.3 Å². The van der Waals surface area contributed by atoms with Crippen molar-refractivity contribution < 1.29 is 0 Å². The van der Waals surface area contributed by atoms with Crippen molar-refractivity contribution in [2.75, 3.05) is 0 Å². The first kappa shape index (κ1) is 9.79. The monoisotopic (exact) mass is 172 g/mol. The van der Waals surface area contributed by atoms with E-state index < -0.39 is 0 Å². The van der Waals surface area contributed by atoms with Gasteiger partial charge >= 0.3 is 0 Å². The smallest absolute Gasteiger partial charge is 0.00752 e. The Kier molecular flexibility index (Phi) is 3.51. The summed E-state index contributed by atoms with van der Waals surface area (Å²) in [6.07, 6.45) is 14.7. The van der Waals surface area contributed by atoms with Gasteiger partial charge in [0.15, 0.2) is 0 Å². The second-order valence-electron chi connectivity index (χ2n) is 3.19. The van der Waals surface area contributed by atoms with Gasteiger partial charge in [0.25, 0.3) is 0 Å². The Hall–Kier alpha value is -1.30. The zero-order chi connectivity index (χ0) is 9.68. The summed E-state index contributed by atoms with van der Waals surface area (Å²) < 4.78 is 0. The molecule has 1 atom stereocenters. The fourth-order valence-electron chi connectivity index (χ4n) is 1.28. The summed E-state index contributed by atoms with van der Waals surface area (Å²) >= 11 is 0. The minimum Gasteiger partial charge on any atom is -0.0984 e. The van der Waals surface area contributed by atoms with Gasteiger partial charge in [-0.25, -0.2) is 0 Å². The fourth-order valence-corrected chi connectivity index (χ4v) is 1.28. The number of hydrogen-bond acceptors (Lipinski definition) is 0. The Morgan fingerprint density at radius 1 is 1.23 bits per heavy atom. The molecule has 0 spiro atoms. The topological polar surface area (TPSA) is 0 Å². The summed E-state index contributed by atoms with van der Waals surface area (Å²) in [6, 6.07) is 0. The number of allylic oxidation sites excluding steroid dienone is 9. The Balaban J connectivity index is 3.08. The van der Waals surface area contributed by atoms with Crippen molar-refractivity contribution in [2.45, 2.75) is 13.8 Å². The molecule has 0 heteroatoms. The predicted octanol–water partition coefficient (Wildman–Crippen LogP) is 3.81. The molecular formula is C13H16. The van der Waals surface area contributed by atoms with E-state index in [2.05, 4.69) is 43.9 Å². The van der Waals surface area contributed by atoms with Crippen molar-refractivity contribution in [1.29, 1.82) is 0 Å². The first-order valence-electron chi connectivity index (χ1n) is 4.63.